The summed E-state index contributed by atoms with van der Waals surface area (Å²) in [4.78, 5) is 27.5. The average molecular weight is 269 g/mol. The van der Waals surface area contributed by atoms with Gasteiger partial charge in [-0.25, -0.2) is 0 Å². The lowest BCUT2D eigenvalue weighted by molar-refractivity contribution is -0.117. The molecule has 0 bridgehead atoms. The van der Waals surface area contributed by atoms with Crippen LogP contribution >= 0.6 is 0 Å². The molecule has 20 heavy (non-hydrogen) atoms. The molecule has 104 valence electrons. The molecule has 0 N–H and O–H groups in total. The lowest BCUT2D eigenvalue weighted by Crippen LogP contribution is -2.02. The number of carbonyl (C=O) groups excluding carboxylic acids is 2. The Balaban J connectivity index is 2.16. The maximum absolute atomic E-state index is 12.3. The van der Waals surface area contributed by atoms with Gasteiger partial charge in [-0.1, -0.05) is 12.1 Å². The lowest BCUT2D eigenvalue weighted by atomic mass is 9.98. The zero-order chi connectivity index (χ0) is 14.5. The fourth-order valence-corrected chi connectivity index (χ4v) is 2.41. The van der Waals surface area contributed by atoms with Gasteiger partial charge >= 0.3 is 0 Å². The van der Waals surface area contributed by atoms with Gasteiger partial charge < -0.3 is 4.79 Å². The van der Waals surface area contributed by atoms with Crippen molar-refractivity contribution in [3.63, 3.8) is 0 Å². The molecular weight excluding hydrogens is 250 g/mol. The van der Waals surface area contributed by atoms with Crippen molar-refractivity contribution in [3.8, 4) is 0 Å². The van der Waals surface area contributed by atoms with Crippen molar-refractivity contribution in [2.24, 2.45) is 0 Å². The summed E-state index contributed by atoms with van der Waals surface area (Å²) in [5.74, 6) is 0.318. The molecule has 0 spiro atoms. The summed E-state index contributed by atoms with van der Waals surface area (Å²) < 4.78 is 0. The maximum atomic E-state index is 12.3. The van der Waals surface area contributed by atoms with Crippen LogP contribution in [0.15, 0.2) is 30.5 Å². The molecule has 3 heteroatoms. The quantitative estimate of drug-likeness (QED) is 0.590. The van der Waals surface area contributed by atoms with E-state index >= 15 is 0 Å². The highest BCUT2D eigenvalue weighted by Gasteiger charge is 2.12. The molecule has 0 atom stereocenters. The minimum atomic E-state index is 0.134. The molecule has 0 saturated heterocycles. The predicted molar refractivity (Wildman–Crippen MR) is 80.0 cm³/mol. The first-order valence-corrected chi connectivity index (χ1v) is 6.96. The maximum Gasteiger partial charge on any atom is 0.163 e. The lowest BCUT2D eigenvalue weighted by Gasteiger charge is -2.07. The van der Waals surface area contributed by atoms with Crippen LogP contribution in [0.5, 0.6) is 0 Å². The Hall–Kier alpha value is -2.03. The normalized spacial score (nSPS) is 10.7. The number of carbonyl (C=O) groups is 2. The van der Waals surface area contributed by atoms with Gasteiger partial charge in [0.15, 0.2) is 5.78 Å². The third kappa shape index (κ3) is 3.29. The number of hydrogen-bond acceptors (Lipinski definition) is 3. The van der Waals surface area contributed by atoms with Gasteiger partial charge in [0.25, 0.3) is 0 Å². The summed E-state index contributed by atoms with van der Waals surface area (Å²) in [5, 5.41) is 0.951. The number of hydrogen-bond donors (Lipinski definition) is 0. The number of rotatable bonds is 6. The summed E-state index contributed by atoms with van der Waals surface area (Å²) >= 11 is 0. The standard InChI is InChI=1S/C17H19NO2/c1-12-6-5-8-15-17(12)14(10-11-18-15)16(20)9-4-3-7-13(2)19/h5-6,8,10-11H,3-4,7,9H2,1-2H3. The summed E-state index contributed by atoms with van der Waals surface area (Å²) in [6.45, 7) is 3.58. The van der Waals surface area contributed by atoms with Crippen LogP contribution in [-0.2, 0) is 4.79 Å². The SMILES string of the molecule is CC(=O)CCCCC(=O)c1ccnc2cccc(C)c12. The molecule has 0 aliphatic rings. The number of fused-ring (bicyclic) bond motifs is 1. The van der Waals surface area contributed by atoms with E-state index in [1.807, 2.05) is 25.1 Å². The van der Waals surface area contributed by atoms with E-state index in [1.165, 1.54) is 0 Å². The molecule has 0 aliphatic carbocycles. The highest BCUT2D eigenvalue weighted by atomic mass is 16.1. The van der Waals surface area contributed by atoms with Crippen LogP contribution in [0.25, 0.3) is 10.9 Å². The topological polar surface area (TPSA) is 47.0 Å². The highest BCUT2D eigenvalue weighted by Crippen LogP contribution is 2.22. The molecule has 0 fully saturated rings. The van der Waals surface area contributed by atoms with Gasteiger partial charge in [-0.15, -0.1) is 0 Å². The van der Waals surface area contributed by atoms with E-state index in [9.17, 15) is 9.59 Å². The second-order valence-corrected chi connectivity index (χ2v) is 5.16. The highest BCUT2D eigenvalue weighted by molar-refractivity contribution is 6.08. The summed E-state index contributed by atoms with van der Waals surface area (Å²) in [5.41, 5.74) is 2.68. The Labute approximate surface area is 119 Å². The van der Waals surface area contributed by atoms with Gasteiger partial charge in [-0.2, -0.15) is 0 Å². The summed E-state index contributed by atoms with van der Waals surface area (Å²) in [7, 11) is 0. The predicted octanol–water partition coefficient (Wildman–Crippen LogP) is 3.88. The fraction of sp³-hybridized carbons (Fsp3) is 0.353. The number of ketones is 2. The number of nitrogens with zero attached hydrogens (tertiary/aromatic N) is 1. The Kier molecular flexibility index (Phi) is 4.61. The molecule has 0 unspecified atom stereocenters. The first kappa shape index (κ1) is 14.4. The van der Waals surface area contributed by atoms with Crippen LogP contribution in [0, 0.1) is 6.92 Å². The number of Topliss-reactive ketones (excluding diaryl/α,β-unsaturated/α-hetero) is 2. The molecule has 0 saturated carbocycles. The molecule has 1 aromatic heterocycles. The number of pyridine rings is 1. The van der Waals surface area contributed by atoms with Crippen molar-refractivity contribution < 1.29 is 9.59 Å². The van der Waals surface area contributed by atoms with Crippen molar-refractivity contribution in [1.29, 1.82) is 0 Å². The van der Waals surface area contributed by atoms with Gasteiger partial charge in [-0.05, 0) is 44.4 Å². The molecule has 2 aromatic rings. The van der Waals surface area contributed by atoms with Crippen LogP contribution in [0.2, 0.25) is 0 Å². The number of aromatic nitrogens is 1. The minimum absolute atomic E-state index is 0.134. The van der Waals surface area contributed by atoms with Gasteiger partial charge in [0, 0.05) is 30.0 Å². The molecule has 0 radical (unpaired) electrons. The van der Waals surface area contributed by atoms with E-state index in [2.05, 4.69) is 4.98 Å². The van der Waals surface area contributed by atoms with E-state index in [1.54, 1.807) is 19.2 Å². The first-order valence-electron chi connectivity index (χ1n) is 6.96. The number of benzene rings is 1. The molecule has 0 aliphatic heterocycles. The second-order valence-electron chi connectivity index (χ2n) is 5.16. The third-order valence-electron chi connectivity index (χ3n) is 3.46. The van der Waals surface area contributed by atoms with E-state index in [0.717, 1.165) is 34.9 Å². The Morgan fingerprint density at radius 3 is 2.60 bits per heavy atom. The van der Waals surface area contributed by atoms with Crippen LogP contribution in [-0.4, -0.2) is 16.6 Å². The van der Waals surface area contributed by atoms with Gasteiger partial charge in [-0.3, -0.25) is 9.78 Å². The van der Waals surface area contributed by atoms with Crippen LogP contribution in [0.4, 0.5) is 0 Å². The van der Waals surface area contributed by atoms with Crippen molar-refractivity contribution >= 4 is 22.5 Å². The van der Waals surface area contributed by atoms with E-state index in [0.29, 0.717) is 12.8 Å². The molecule has 1 heterocycles. The Morgan fingerprint density at radius 1 is 1.10 bits per heavy atom. The summed E-state index contributed by atoms with van der Waals surface area (Å²) in [6.07, 6.45) is 4.27. The van der Waals surface area contributed by atoms with Crippen molar-refractivity contribution in [2.45, 2.75) is 39.5 Å². The molecule has 3 nitrogen and oxygen atoms in total. The van der Waals surface area contributed by atoms with Gasteiger partial charge in [0.05, 0.1) is 5.52 Å². The van der Waals surface area contributed by atoms with Crippen LogP contribution in [0.3, 0.4) is 0 Å². The van der Waals surface area contributed by atoms with Crippen molar-refractivity contribution in [1.82, 2.24) is 4.98 Å². The average Bonchev–Trinajstić information content (AvgIpc) is 2.43. The third-order valence-corrected chi connectivity index (χ3v) is 3.46. The summed E-state index contributed by atoms with van der Waals surface area (Å²) in [6, 6.07) is 7.67. The van der Waals surface area contributed by atoms with E-state index < -0.39 is 0 Å². The Morgan fingerprint density at radius 2 is 1.85 bits per heavy atom. The fourth-order valence-electron chi connectivity index (χ4n) is 2.41. The van der Waals surface area contributed by atoms with Crippen LogP contribution in [0.1, 0.15) is 48.5 Å². The molecular formula is C17H19NO2. The molecule has 2 rings (SSSR count). The van der Waals surface area contributed by atoms with E-state index in [4.69, 9.17) is 0 Å². The minimum Gasteiger partial charge on any atom is -0.300 e. The smallest absolute Gasteiger partial charge is 0.163 e. The van der Waals surface area contributed by atoms with Gasteiger partial charge in [0.1, 0.15) is 5.78 Å². The monoisotopic (exact) mass is 269 g/mol. The zero-order valence-corrected chi connectivity index (χ0v) is 12.0. The number of aryl methyl sites for hydroxylation is 1. The molecule has 1 aromatic carbocycles. The number of unbranched alkanes of at least 4 members (excludes halogenated alkanes) is 1. The van der Waals surface area contributed by atoms with Crippen LogP contribution < -0.4 is 0 Å². The zero-order valence-electron chi connectivity index (χ0n) is 12.0. The second kappa shape index (κ2) is 6.42. The first-order chi connectivity index (χ1) is 9.59. The van der Waals surface area contributed by atoms with Crippen molar-refractivity contribution in [3.05, 3.63) is 41.6 Å². The largest absolute Gasteiger partial charge is 0.300 e. The Bertz CT molecular complexity index is 641. The molecule has 0 amide bonds. The van der Waals surface area contributed by atoms with E-state index in [-0.39, 0.29) is 11.6 Å². The van der Waals surface area contributed by atoms with Crippen molar-refractivity contribution in [2.75, 3.05) is 0 Å². The van der Waals surface area contributed by atoms with Gasteiger partial charge in [0.2, 0.25) is 0 Å².